The fourth-order valence-corrected chi connectivity index (χ4v) is 4.23. The number of carbonyl (C=O) groups is 1. The first-order valence-corrected chi connectivity index (χ1v) is 10.5. The van der Waals surface area contributed by atoms with Gasteiger partial charge in [-0.25, -0.2) is 0 Å². The molecule has 1 N–H and O–H groups in total. The summed E-state index contributed by atoms with van der Waals surface area (Å²) in [6.45, 7) is 1.27. The molecule has 4 rings (SSSR count). The van der Waals surface area contributed by atoms with E-state index in [-0.39, 0.29) is 12.5 Å². The minimum Gasteiger partial charge on any atom is -0.467 e. The van der Waals surface area contributed by atoms with Crippen LogP contribution in [-0.4, -0.2) is 22.3 Å². The van der Waals surface area contributed by atoms with Gasteiger partial charge in [0.15, 0.2) is 0 Å². The SMILES string of the molecule is O=C(CNSc1ccc2ncccc2c1)N(Cc1ccco1)Cc1cccs1. The normalized spacial score (nSPS) is 11.0. The van der Waals surface area contributed by atoms with Gasteiger partial charge in [0.25, 0.3) is 0 Å². The lowest BCUT2D eigenvalue weighted by molar-refractivity contribution is -0.131. The van der Waals surface area contributed by atoms with Gasteiger partial charge in [-0.1, -0.05) is 12.1 Å². The summed E-state index contributed by atoms with van der Waals surface area (Å²) in [5, 5.41) is 3.10. The van der Waals surface area contributed by atoms with Crippen LogP contribution < -0.4 is 4.72 Å². The van der Waals surface area contributed by atoms with Crippen LogP contribution >= 0.6 is 23.3 Å². The second-order valence-electron chi connectivity index (χ2n) is 6.19. The number of nitrogens with one attached hydrogen (secondary N) is 1. The lowest BCUT2D eigenvalue weighted by Gasteiger charge is -2.21. The second-order valence-corrected chi connectivity index (χ2v) is 8.19. The Labute approximate surface area is 171 Å². The summed E-state index contributed by atoms with van der Waals surface area (Å²) >= 11 is 3.10. The topological polar surface area (TPSA) is 58.4 Å². The van der Waals surface area contributed by atoms with Crippen LogP contribution in [0.1, 0.15) is 10.6 Å². The molecule has 0 aliphatic rings. The highest BCUT2D eigenvalue weighted by Crippen LogP contribution is 2.20. The summed E-state index contributed by atoms with van der Waals surface area (Å²) < 4.78 is 8.61. The minimum absolute atomic E-state index is 0.0276. The minimum atomic E-state index is 0.0276. The van der Waals surface area contributed by atoms with E-state index in [9.17, 15) is 4.79 Å². The van der Waals surface area contributed by atoms with E-state index in [1.54, 1.807) is 23.8 Å². The van der Waals surface area contributed by atoms with Gasteiger partial charge in [0.05, 0.1) is 31.4 Å². The Morgan fingerprint density at radius 2 is 2.11 bits per heavy atom. The fraction of sp³-hybridized carbons (Fsp3) is 0.143. The Hall–Kier alpha value is -2.61. The molecule has 1 amide bonds. The Morgan fingerprint density at radius 1 is 1.14 bits per heavy atom. The highest BCUT2D eigenvalue weighted by atomic mass is 32.2. The van der Waals surface area contributed by atoms with Gasteiger partial charge < -0.3 is 9.32 Å². The van der Waals surface area contributed by atoms with Crippen LogP contribution in [-0.2, 0) is 17.9 Å². The molecule has 0 aliphatic carbocycles. The third-order valence-electron chi connectivity index (χ3n) is 4.19. The van der Waals surface area contributed by atoms with Gasteiger partial charge in [-0.2, -0.15) is 0 Å². The van der Waals surface area contributed by atoms with Crippen molar-refractivity contribution >= 4 is 40.1 Å². The van der Waals surface area contributed by atoms with Crippen molar-refractivity contribution < 1.29 is 9.21 Å². The molecule has 1 aromatic carbocycles. The van der Waals surface area contributed by atoms with Crippen molar-refractivity contribution in [2.24, 2.45) is 0 Å². The second kappa shape index (κ2) is 9.05. The summed E-state index contributed by atoms with van der Waals surface area (Å²) in [6, 6.07) is 17.8. The fourth-order valence-electron chi connectivity index (χ4n) is 2.82. The quantitative estimate of drug-likeness (QED) is 0.427. The van der Waals surface area contributed by atoms with Crippen LogP contribution in [0.2, 0.25) is 0 Å². The predicted octanol–water partition coefficient (Wildman–Crippen LogP) is 4.72. The average Bonchev–Trinajstić information content (AvgIpc) is 3.41. The third kappa shape index (κ3) is 4.81. The maximum absolute atomic E-state index is 12.8. The molecule has 0 aliphatic heterocycles. The van der Waals surface area contributed by atoms with Gasteiger partial charge in [0.2, 0.25) is 5.91 Å². The van der Waals surface area contributed by atoms with Crippen molar-refractivity contribution in [3.63, 3.8) is 0 Å². The molecule has 0 saturated heterocycles. The molecule has 5 nitrogen and oxygen atoms in total. The maximum atomic E-state index is 12.8. The molecule has 0 fully saturated rings. The van der Waals surface area contributed by atoms with Crippen LogP contribution in [0, 0.1) is 0 Å². The van der Waals surface area contributed by atoms with Gasteiger partial charge in [0.1, 0.15) is 5.76 Å². The van der Waals surface area contributed by atoms with Gasteiger partial charge in [-0.15, -0.1) is 11.3 Å². The van der Waals surface area contributed by atoms with Crippen molar-refractivity contribution in [3.8, 4) is 0 Å². The van der Waals surface area contributed by atoms with Gasteiger partial charge in [0, 0.05) is 21.4 Å². The van der Waals surface area contributed by atoms with E-state index in [1.807, 2.05) is 58.8 Å². The zero-order valence-electron chi connectivity index (χ0n) is 15.1. The molecule has 4 aromatic rings. The van der Waals surface area contributed by atoms with E-state index < -0.39 is 0 Å². The zero-order chi connectivity index (χ0) is 19.2. The number of carbonyl (C=O) groups excluding carboxylic acids is 1. The maximum Gasteiger partial charge on any atom is 0.238 e. The molecule has 3 heterocycles. The molecule has 0 saturated carbocycles. The summed E-state index contributed by atoms with van der Waals surface area (Å²) in [6.07, 6.45) is 3.42. The first-order valence-electron chi connectivity index (χ1n) is 8.85. The number of pyridine rings is 1. The Morgan fingerprint density at radius 3 is 2.93 bits per heavy atom. The molecular formula is C21H19N3O2S2. The number of fused-ring (bicyclic) bond motifs is 1. The number of hydrogen-bond donors (Lipinski definition) is 1. The van der Waals surface area contributed by atoms with Crippen LogP contribution in [0.4, 0.5) is 0 Å². The first kappa shape index (κ1) is 18.7. The third-order valence-corrected chi connectivity index (χ3v) is 5.83. The average molecular weight is 410 g/mol. The number of nitrogens with zero attached hydrogens (tertiary/aromatic N) is 2. The molecule has 7 heteroatoms. The van der Waals surface area contributed by atoms with Crippen LogP contribution in [0.5, 0.6) is 0 Å². The van der Waals surface area contributed by atoms with Gasteiger partial charge >= 0.3 is 0 Å². The Kier molecular flexibility index (Phi) is 6.06. The lowest BCUT2D eigenvalue weighted by atomic mass is 10.2. The first-order chi connectivity index (χ1) is 13.8. The monoisotopic (exact) mass is 409 g/mol. The van der Waals surface area contributed by atoms with Crippen molar-refractivity contribution in [2.75, 3.05) is 6.54 Å². The Balaban J connectivity index is 1.37. The molecule has 3 aromatic heterocycles. The van der Waals surface area contributed by atoms with E-state index in [0.29, 0.717) is 13.1 Å². The number of hydrogen-bond acceptors (Lipinski definition) is 6. The number of benzene rings is 1. The summed E-state index contributed by atoms with van der Waals surface area (Å²) in [5.41, 5.74) is 0.962. The zero-order valence-corrected chi connectivity index (χ0v) is 16.7. The van der Waals surface area contributed by atoms with E-state index >= 15 is 0 Å². The summed E-state index contributed by atoms with van der Waals surface area (Å²) in [7, 11) is 0. The van der Waals surface area contributed by atoms with Crippen LogP contribution in [0.15, 0.2) is 81.8 Å². The molecule has 28 heavy (non-hydrogen) atoms. The number of amides is 1. The van der Waals surface area contributed by atoms with E-state index in [2.05, 4.69) is 15.8 Å². The van der Waals surface area contributed by atoms with Crippen molar-refractivity contribution in [2.45, 2.75) is 18.0 Å². The van der Waals surface area contributed by atoms with E-state index in [4.69, 9.17) is 4.42 Å². The van der Waals surface area contributed by atoms with E-state index in [1.165, 1.54) is 11.9 Å². The Bertz CT molecular complexity index is 997. The molecule has 0 unspecified atom stereocenters. The van der Waals surface area contributed by atoms with E-state index in [0.717, 1.165) is 26.4 Å². The molecule has 0 spiro atoms. The van der Waals surface area contributed by atoms with Gasteiger partial charge in [-0.05, 0) is 59.8 Å². The highest BCUT2D eigenvalue weighted by molar-refractivity contribution is 7.97. The van der Waals surface area contributed by atoms with Gasteiger partial charge in [-0.3, -0.25) is 14.5 Å². The molecule has 0 bridgehead atoms. The number of thiophene rings is 1. The molecular weight excluding hydrogens is 390 g/mol. The lowest BCUT2D eigenvalue weighted by Crippen LogP contribution is -2.35. The molecule has 0 radical (unpaired) electrons. The van der Waals surface area contributed by atoms with Crippen molar-refractivity contribution in [1.29, 1.82) is 0 Å². The number of rotatable bonds is 8. The number of furan rings is 1. The standard InChI is InChI=1S/C21H19N3O2S2/c25-21(13-23-28-18-7-8-20-16(12-18)4-1-9-22-20)24(14-17-5-2-10-26-17)15-19-6-3-11-27-19/h1-12,23H,13-15H2. The summed E-state index contributed by atoms with van der Waals surface area (Å²) in [4.78, 5) is 21.1. The summed E-state index contributed by atoms with van der Waals surface area (Å²) in [5.74, 6) is 0.805. The number of aromatic nitrogens is 1. The van der Waals surface area contributed by atoms with Crippen LogP contribution in [0.3, 0.4) is 0 Å². The molecule has 142 valence electrons. The van der Waals surface area contributed by atoms with Crippen molar-refractivity contribution in [1.82, 2.24) is 14.6 Å². The smallest absolute Gasteiger partial charge is 0.238 e. The largest absolute Gasteiger partial charge is 0.467 e. The van der Waals surface area contributed by atoms with Crippen molar-refractivity contribution in [3.05, 3.63) is 83.1 Å². The predicted molar refractivity (Wildman–Crippen MR) is 113 cm³/mol. The van der Waals surface area contributed by atoms with Crippen LogP contribution in [0.25, 0.3) is 10.9 Å². The molecule has 0 atom stereocenters. The highest BCUT2D eigenvalue weighted by Gasteiger charge is 2.16.